The van der Waals surface area contributed by atoms with E-state index >= 15 is 0 Å². The summed E-state index contributed by atoms with van der Waals surface area (Å²) in [6.07, 6.45) is 21.4. The molecule has 7 rings (SSSR count). The lowest BCUT2D eigenvalue weighted by atomic mass is 9.93. The van der Waals surface area contributed by atoms with Crippen molar-refractivity contribution in [3.8, 4) is 55.8 Å². The van der Waals surface area contributed by atoms with Gasteiger partial charge in [-0.2, -0.15) is 0 Å². The summed E-state index contributed by atoms with van der Waals surface area (Å²) in [6, 6.07) is 17.0. The molecule has 9 nitrogen and oxygen atoms in total. The molecule has 2 aromatic carbocycles. The molecule has 0 bridgehead atoms. The van der Waals surface area contributed by atoms with Crippen molar-refractivity contribution in [2.45, 2.75) is 0 Å². The topological polar surface area (TPSA) is 106 Å². The van der Waals surface area contributed by atoms with E-state index < -0.39 is 0 Å². The Morgan fingerprint density at radius 1 is 0.512 bits per heavy atom. The Balaban J connectivity index is 1.36. The first-order valence-electron chi connectivity index (χ1n) is 13.6. The predicted octanol–water partition coefficient (Wildman–Crippen LogP) is 6.10. The van der Waals surface area contributed by atoms with Crippen molar-refractivity contribution < 1.29 is 0 Å². The molecule has 0 radical (unpaired) electrons. The van der Waals surface area contributed by atoms with Gasteiger partial charge in [-0.1, -0.05) is 0 Å². The second-order valence-corrected chi connectivity index (χ2v) is 10.2. The number of aliphatic imine (C=N–C) groups is 1. The molecule has 0 aliphatic carbocycles. The van der Waals surface area contributed by atoms with Crippen LogP contribution in [0.15, 0.2) is 122 Å². The van der Waals surface area contributed by atoms with E-state index in [9.17, 15) is 0 Å². The molecule has 0 unspecified atom stereocenters. The maximum absolute atomic E-state index is 4.80. The van der Waals surface area contributed by atoms with Gasteiger partial charge in [-0.25, -0.2) is 29.9 Å². The second-order valence-electron chi connectivity index (χ2n) is 10.2. The molecule has 1 aliphatic heterocycles. The number of allylic oxidation sites excluding steroid dienone is 1. The van der Waals surface area contributed by atoms with Crippen LogP contribution in [0.5, 0.6) is 0 Å². The highest BCUT2D eigenvalue weighted by molar-refractivity contribution is 6.10. The van der Waals surface area contributed by atoms with Gasteiger partial charge < -0.3 is 4.90 Å². The first-order valence-corrected chi connectivity index (χ1v) is 13.6. The average molecular weight is 560 g/mol. The van der Waals surface area contributed by atoms with Crippen molar-refractivity contribution in [1.29, 1.82) is 0 Å². The first-order chi connectivity index (χ1) is 21.2. The van der Waals surface area contributed by atoms with Crippen LogP contribution in [0, 0.1) is 0 Å². The Morgan fingerprint density at radius 2 is 0.977 bits per heavy atom. The standard InChI is InChI=1S/C34H25N9/c1-43-18-33(17-41-22-43)28-7-27(32-15-39-21-40-16-32)8-29(9-28)34-10-23(2-3-42-34)24-4-25(30-11-35-19-36-12-30)6-26(5-24)31-13-37-20-38-14-31/h2-21H,22H2,1H3. The third-order valence-corrected chi connectivity index (χ3v) is 7.16. The Kier molecular flexibility index (Phi) is 6.94. The molecule has 43 heavy (non-hydrogen) atoms. The molecule has 0 fully saturated rings. The third-order valence-electron chi connectivity index (χ3n) is 7.16. The lowest BCUT2D eigenvalue weighted by Gasteiger charge is -2.18. The fraction of sp³-hybridized carbons (Fsp3) is 0.0588. The zero-order valence-corrected chi connectivity index (χ0v) is 23.3. The number of hydrogen-bond donors (Lipinski definition) is 0. The smallest absolute Gasteiger partial charge is 0.115 e. The zero-order valence-electron chi connectivity index (χ0n) is 23.3. The predicted molar refractivity (Wildman–Crippen MR) is 167 cm³/mol. The largest absolute Gasteiger partial charge is 0.361 e. The summed E-state index contributed by atoms with van der Waals surface area (Å²) in [5.74, 6) is 0. The van der Waals surface area contributed by atoms with Gasteiger partial charge in [0.05, 0.1) is 5.69 Å². The number of benzene rings is 2. The molecule has 4 aromatic heterocycles. The number of nitrogens with zero attached hydrogens (tertiary/aromatic N) is 9. The van der Waals surface area contributed by atoms with E-state index in [1.54, 1.807) is 0 Å². The SMILES string of the molecule is CN1C=C(c2cc(-c3cncnc3)cc(-c3cc(-c4cc(-c5cncnc5)cc(-c5cncnc5)c4)ccn3)c2)C=NC1. The summed E-state index contributed by atoms with van der Waals surface area (Å²) in [6.45, 7) is 0.636. The van der Waals surface area contributed by atoms with E-state index in [4.69, 9.17) is 4.98 Å². The summed E-state index contributed by atoms with van der Waals surface area (Å²) in [4.78, 5) is 36.8. The fourth-order valence-corrected chi connectivity index (χ4v) is 5.08. The number of rotatable bonds is 6. The van der Waals surface area contributed by atoms with Gasteiger partial charge in [0.15, 0.2) is 0 Å². The normalized spacial score (nSPS) is 12.7. The van der Waals surface area contributed by atoms with Gasteiger partial charge in [-0.05, 0) is 81.9 Å². The molecule has 0 amide bonds. The highest BCUT2D eigenvalue weighted by Crippen LogP contribution is 2.35. The molecular formula is C34H25N9. The van der Waals surface area contributed by atoms with Crippen LogP contribution in [0.1, 0.15) is 5.56 Å². The molecule has 0 saturated carbocycles. The van der Waals surface area contributed by atoms with Gasteiger partial charge in [0.1, 0.15) is 25.7 Å². The molecule has 0 saturated heterocycles. The van der Waals surface area contributed by atoms with Crippen LogP contribution in [-0.2, 0) is 0 Å². The molecule has 0 N–H and O–H groups in total. The Hall–Kier alpha value is -5.96. The quantitative estimate of drug-likeness (QED) is 0.241. The Morgan fingerprint density at radius 3 is 1.51 bits per heavy atom. The van der Waals surface area contributed by atoms with E-state index in [1.807, 2.05) is 62.7 Å². The average Bonchev–Trinajstić information content (AvgIpc) is 3.09. The van der Waals surface area contributed by atoms with E-state index in [2.05, 4.69) is 88.5 Å². The molecule has 5 heterocycles. The molecule has 0 spiro atoms. The van der Waals surface area contributed by atoms with E-state index in [0.717, 1.165) is 66.9 Å². The lowest BCUT2D eigenvalue weighted by Crippen LogP contribution is -2.15. The van der Waals surface area contributed by atoms with Gasteiger partial charge in [-0.15, -0.1) is 0 Å². The van der Waals surface area contributed by atoms with Crippen molar-refractivity contribution in [3.63, 3.8) is 0 Å². The zero-order chi connectivity index (χ0) is 29.0. The van der Waals surface area contributed by atoms with Crippen LogP contribution in [0.3, 0.4) is 0 Å². The highest BCUT2D eigenvalue weighted by atomic mass is 15.2. The minimum absolute atomic E-state index is 0.636. The van der Waals surface area contributed by atoms with Crippen molar-refractivity contribution in [2.75, 3.05) is 13.7 Å². The van der Waals surface area contributed by atoms with Crippen molar-refractivity contribution in [1.82, 2.24) is 39.8 Å². The van der Waals surface area contributed by atoms with Crippen molar-refractivity contribution in [2.24, 2.45) is 4.99 Å². The minimum atomic E-state index is 0.636. The fourth-order valence-electron chi connectivity index (χ4n) is 5.08. The van der Waals surface area contributed by atoms with Gasteiger partial charge in [0.25, 0.3) is 0 Å². The Bertz CT molecular complexity index is 1900. The van der Waals surface area contributed by atoms with E-state index in [0.29, 0.717) is 6.67 Å². The summed E-state index contributed by atoms with van der Waals surface area (Å²) >= 11 is 0. The maximum Gasteiger partial charge on any atom is 0.115 e. The van der Waals surface area contributed by atoms with Crippen molar-refractivity contribution >= 4 is 11.8 Å². The van der Waals surface area contributed by atoms with Gasteiger partial charge in [-0.3, -0.25) is 9.98 Å². The monoisotopic (exact) mass is 559 g/mol. The molecule has 9 heteroatoms. The van der Waals surface area contributed by atoms with Crippen LogP contribution in [0.4, 0.5) is 0 Å². The van der Waals surface area contributed by atoms with Crippen LogP contribution >= 0.6 is 0 Å². The van der Waals surface area contributed by atoms with Gasteiger partial charge in [0.2, 0.25) is 0 Å². The summed E-state index contributed by atoms with van der Waals surface area (Å²) in [5, 5.41) is 0. The van der Waals surface area contributed by atoms with Gasteiger partial charge >= 0.3 is 0 Å². The molecule has 6 aromatic rings. The molecular weight excluding hydrogens is 534 g/mol. The number of hydrogen-bond acceptors (Lipinski definition) is 9. The number of pyridine rings is 1. The van der Waals surface area contributed by atoms with Crippen LogP contribution < -0.4 is 0 Å². The Labute approximate surface area is 248 Å². The maximum atomic E-state index is 4.80. The van der Waals surface area contributed by atoms with Crippen LogP contribution in [0.25, 0.3) is 61.3 Å². The van der Waals surface area contributed by atoms with E-state index in [1.165, 1.54) is 19.0 Å². The van der Waals surface area contributed by atoms with Crippen LogP contribution in [-0.4, -0.2) is 59.7 Å². The molecule has 206 valence electrons. The summed E-state index contributed by atoms with van der Waals surface area (Å²) < 4.78 is 0. The molecule has 0 atom stereocenters. The first kappa shape index (κ1) is 26.0. The highest BCUT2D eigenvalue weighted by Gasteiger charge is 2.14. The van der Waals surface area contributed by atoms with Crippen molar-refractivity contribution in [3.05, 3.63) is 123 Å². The lowest BCUT2D eigenvalue weighted by molar-refractivity contribution is 0.472. The van der Waals surface area contributed by atoms with Gasteiger partial charge in [0, 0.05) is 90.7 Å². The van der Waals surface area contributed by atoms with E-state index in [-0.39, 0.29) is 0 Å². The summed E-state index contributed by atoms with van der Waals surface area (Å²) in [7, 11) is 2.02. The minimum Gasteiger partial charge on any atom is -0.361 e. The second kappa shape index (κ2) is 11.5. The molecule has 1 aliphatic rings. The number of aromatic nitrogens is 7. The van der Waals surface area contributed by atoms with Crippen LogP contribution in [0.2, 0.25) is 0 Å². The third kappa shape index (κ3) is 5.64. The summed E-state index contributed by atoms with van der Waals surface area (Å²) in [5.41, 5.74) is 11.7.